The molecule has 104 valence electrons. The van der Waals surface area contributed by atoms with Crippen LogP contribution in [0.4, 0.5) is 4.39 Å². The Kier molecular flexibility index (Phi) is 5.30. The minimum atomic E-state index is -2.11. The molecule has 1 unspecified atom stereocenters. The molecule has 0 amide bonds. The third kappa shape index (κ3) is 2.87. The zero-order valence-electron chi connectivity index (χ0n) is 10.4. The first-order valence-electron chi connectivity index (χ1n) is 5.72. The van der Waals surface area contributed by atoms with Gasteiger partial charge in [0.25, 0.3) is 0 Å². The molecule has 0 fully saturated rings. The zero-order chi connectivity index (χ0) is 14.5. The van der Waals surface area contributed by atoms with Crippen molar-refractivity contribution in [3.63, 3.8) is 0 Å². The lowest BCUT2D eigenvalue weighted by molar-refractivity contribution is -0.162. The highest BCUT2D eigenvalue weighted by molar-refractivity contribution is 6.32. The topological polar surface area (TPSA) is 63.6 Å². The lowest BCUT2D eigenvalue weighted by atomic mass is 9.77. The Morgan fingerprint density at radius 1 is 1.42 bits per heavy atom. The molecule has 0 spiro atoms. The standard InChI is InChI=1S/C13H14ClFO4/c1-2-19-12(18)13(7-8-15,11(16)17)9-5-3-4-6-10(9)14/h3-6H,2,7-8H2,1H3,(H,16,17). The predicted octanol–water partition coefficient (Wildman–Crippen LogP) is 2.59. The average molecular weight is 289 g/mol. The van der Waals surface area contributed by atoms with Gasteiger partial charge < -0.3 is 9.84 Å². The number of esters is 1. The fraction of sp³-hybridized carbons (Fsp3) is 0.385. The first kappa shape index (κ1) is 15.4. The maximum absolute atomic E-state index is 12.8. The quantitative estimate of drug-likeness (QED) is 0.645. The predicted molar refractivity (Wildman–Crippen MR) is 68.0 cm³/mol. The van der Waals surface area contributed by atoms with Crippen molar-refractivity contribution in [1.82, 2.24) is 0 Å². The maximum Gasteiger partial charge on any atom is 0.328 e. The van der Waals surface area contributed by atoms with E-state index in [9.17, 15) is 19.1 Å². The van der Waals surface area contributed by atoms with Crippen LogP contribution in [0.15, 0.2) is 24.3 Å². The number of hydrogen-bond donors (Lipinski definition) is 1. The fourth-order valence-corrected chi connectivity index (χ4v) is 2.16. The van der Waals surface area contributed by atoms with E-state index < -0.39 is 30.4 Å². The van der Waals surface area contributed by atoms with Gasteiger partial charge in [0.15, 0.2) is 5.41 Å². The van der Waals surface area contributed by atoms with Crippen molar-refractivity contribution in [2.24, 2.45) is 0 Å². The van der Waals surface area contributed by atoms with E-state index in [1.807, 2.05) is 0 Å². The molecule has 0 aliphatic rings. The molecule has 19 heavy (non-hydrogen) atoms. The summed E-state index contributed by atoms with van der Waals surface area (Å²) in [6.07, 6.45) is -0.523. The number of carboxylic acid groups (broad SMARTS) is 1. The monoisotopic (exact) mass is 288 g/mol. The summed E-state index contributed by atoms with van der Waals surface area (Å²) >= 11 is 5.94. The van der Waals surface area contributed by atoms with E-state index in [0.717, 1.165) is 0 Å². The van der Waals surface area contributed by atoms with Gasteiger partial charge in [-0.05, 0) is 18.6 Å². The second-order valence-corrected chi connectivity index (χ2v) is 4.26. The first-order valence-corrected chi connectivity index (χ1v) is 6.10. The minimum Gasteiger partial charge on any atom is -0.480 e. The summed E-state index contributed by atoms with van der Waals surface area (Å²) in [6.45, 7) is 0.577. The van der Waals surface area contributed by atoms with Crippen molar-refractivity contribution in [2.45, 2.75) is 18.8 Å². The van der Waals surface area contributed by atoms with Gasteiger partial charge in [0.1, 0.15) is 0 Å². The highest BCUT2D eigenvalue weighted by atomic mass is 35.5. The van der Waals surface area contributed by atoms with Crippen molar-refractivity contribution < 1.29 is 23.8 Å². The molecule has 1 aromatic carbocycles. The van der Waals surface area contributed by atoms with Crippen LogP contribution in [-0.2, 0) is 19.7 Å². The summed E-state index contributed by atoms with van der Waals surface area (Å²) in [6, 6.07) is 5.98. The number of rotatable bonds is 6. The number of hydrogen-bond acceptors (Lipinski definition) is 3. The minimum absolute atomic E-state index is 0.00457. The molecule has 0 radical (unpaired) electrons. The molecule has 1 atom stereocenters. The second kappa shape index (κ2) is 6.52. The number of carbonyl (C=O) groups excluding carboxylic acids is 1. The number of alkyl halides is 1. The van der Waals surface area contributed by atoms with E-state index in [2.05, 4.69) is 0 Å². The lowest BCUT2D eigenvalue weighted by Gasteiger charge is -2.27. The van der Waals surface area contributed by atoms with Crippen molar-refractivity contribution in [2.75, 3.05) is 13.3 Å². The van der Waals surface area contributed by atoms with Gasteiger partial charge in [-0.1, -0.05) is 29.8 Å². The van der Waals surface area contributed by atoms with Crippen molar-refractivity contribution >= 4 is 23.5 Å². The van der Waals surface area contributed by atoms with Crippen LogP contribution < -0.4 is 0 Å². The van der Waals surface area contributed by atoms with Crippen LogP contribution >= 0.6 is 11.6 Å². The fourth-order valence-electron chi connectivity index (χ4n) is 1.86. The van der Waals surface area contributed by atoms with Crippen molar-refractivity contribution in [3.05, 3.63) is 34.9 Å². The Bertz CT molecular complexity index is 477. The molecule has 0 aliphatic carbocycles. The Morgan fingerprint density at radius 3 is 2.53 bits per heavy atom. The average Bonchev–Trinajstić information content (AvgIpc) is 2.36. The first-order chi connectivity index (χ1) is 9.00. The molecule has 0 saturated heterocycles. The van der Waals surface area contributed by atoms with Crippen LogP contribution in [0.5, 0.6) is 0 Å². The molecule has 0 aliphatic heterocycles. The Balaban J connectivity index is 3.44. The molecule has 6 heteroatoms. The molecule has 1 rings (SSSR count). The molecule has 0 saturated carbocycles. The van der Waals surface area contributed by atoms with Gasteiger partial charge in [-0.3, -0.25) is 14.0 Å². The van der Waals surface area contributed by atoms with E-state index in [-0.39, 0.29) is 17.2 Å². The van der Waals surface area contributed by atoms with E-state index in [1.165, 1.54) is 18.2 Å². The SMILES string of the molecule is CCOC(=O)C(CCF)(C(=O)O)c1ccccc1Cl. The van der Waals surface area contributed by atoms with E-state index >= 15 is 0 Å². The van der Waals surface area contributed by atoms with Crippen LogP contribution in [0, 0.1) is 0 Å². The number of ether oxygens (including phenoxy) is 1. The molecule has 0 aromatic heterocycles. The van der Waals surface area contributed by atoms with Crippen LogP contribution in [0.3, 0.4) is 0 Å². The number of benzene rings is 1. The number of carbonyl (C=O) groups is 2. The molecule has 0 heterocycles. The van der Waals surface area contributed by atoms with Gasteiger partial charge in [-0.2, -0.15) is 0 Å². The highest BCUT2D eigenvalue weighted by Gasteiger charge is 2.50. The van der Waals surface area contributed by atoms with Gasteiger partial charge >= 0.3 is 11.9 Å². The highest BCUT2D eigenvalue weighted by Crippen LogP contribution is 2.35. The Morgan fingerprint density at radius 2 is 2.05 bits per heavy atom. The van der Waals surface area contributed by atoms with Gasteiger partial charge in [-0.15, -0.1) is 0 Å². The smallest absolute Gasteiger partial charge is 0.328 e. The largest absolute Gasteiger partial charge is 0.480 e. The number of aliphatic carboxylic acids is 1. The van der Waals surface area contributed by atoms with Crippen LogP contribution in [0.1, 0.15) is 18.9 Å². The molecule has 1 aromatic rings. The second-order valence-electron chi connectivity index (χ2n) is 3.85. The van der Waals surface area contributed by atoms with Crippen molar-refractivity contribution in [1.29, 1.82) is 0 Å². The van der Waals surface area contributed by atoms with Crippen LogP contribution in [0.25, 0.3) is 0 Å². The zero-order valence-corrected chi connectivity index (χ0v) is 11.1. The van der Waals surface area contributed by atoms with E-state index in [1.54, 1.807) is 13.0 Å². The van der Waals surface area contributed by atoms with E-state index in [0.29, 0.717) is 0 Å². The molecule has 1 N–H and O–H groups in total. The van der Waals surface area contributed by atoms with E-state index in [4.69, 9.17) is 16.3 Å². The normalized spacial score (nSPS) is 13.6. The summed E-state index contributed by atoms with van der Waals surface area (Å²) in [5.41, 5.74) is -2.07. The summed E-state index contributed by atoms with van der Waals surface area (Å²) in [5.74, 6) is -2.48. The summed E-state index contributed by atoms with van der Waals surface area (Å²) in [7, 11) is 0. The van der Waals surface area contributed by atoms with Gasteiger partial charge in [0.2, 0.25) is 0 Å². The summed E-state index contributed by atoms with van der Waals surface area (Å²) in [5, 5.41) is 9.49. The summed E-state index contributed by atoms with van der Waals surface area (Å²) in [4.78, 5) is 23.6. The summed E-state index contributed by atoms with van der Waals surface area (Å²) < 4.78 is 17.5. The van der Waals surface area contributed by atoms with Crippen molar-refractivity contribution in [3.8, 4) is 0 Å². The Hall–Kier alpha value is -1.62. The van der Waals surface area contributed by atoms with Gasteiger partial charge in [0, 0.05) is 11.4 Å². The van der Waals surface area contributed by atoms with Gasteiger partial charge in [0.05, 0.1) is 13.3 Å². The molecular formula is C13H14ClFO4. The lowest BCUT2D eigenvalue weighted by Crippen LogP contribution is -2.45. The van der Waals surface area contributed by atoms with Gasteiger partial charge in [-0.25, -0.2) is 0 Å². The third-order valence-electron chi connectivity index (χ3n) is 2.79. The van der Waals surface area contributed by atoms with Crippen LogP contribution in [0.2, 0.25) is 5.02 Å². The molecule has 4 nitrogen and oxygen atoms in total. The third-order valence-corrected chi connectivity index (χ3v) is 3.12. The van der Waals surface area contributed by atoms with Crippen LogP contribution in [-0.4, -0.2) is 30.3 Å². The number of carboxylic acids is 1. The number of halogens is 2. The molecular weight excluding hydrogens is 275 g/mol. The maximum atomic E-state index is 12.8. The Labute approximate surface area is 115 Å². The molecule has 0 bridgehead atoms.